The summed E-state index contributed by atoms with van der Waals surface area (Å²) >= 11 is 7.50. The molecule has 200 valence electrons. The van der Waals surface area contributed by atoms with Crippen LogP contribution in [0.4, 0.5) is 8.78 Å². The molecular weight excluding hydrogens is 538 g/mol. The fourth-order valence-corrected chi connectivity index (χ4v) is 5.43. The van der Waals surface area contributed by atoms with Crippen LogP contribution in [-0.4, -0.2) is 30.9 Å². The molecule has 1 atom stereocenters. The first-order chi connectivity index (χ1) is 18.3. The van der Waals surface area contributed by atoms with E-state index in [1.54, 1.807) is 43.3 Å². The topological polar surface area (TPSA) is 79.1 Å². The van der Waals surface area contributed by atoms with Gasteiger partial charge in [0.2, 0.25) is 0 Å². The smallest absolute Gasteiger partial charge is 0.387 e. The SMILES string of the molecule is CCCC1=C(C(=O)OCC)[C@@H](c2cc(Cl)ccc2OC)n2c(s/c(=C\c3ccc(OC(F)F)cc3)c2=O)=N1. The molecule has 0 aliphatic carbocycles. The number of alkyl halides is 2. The van der Waals surface area contributed by atoms with E-state index in [-0.39, 0.29) is 23.5 Å². The third-order valence-electron chi connectivity index (χ3n) is 5.78. The van der Waals surface area contributed by atoms with Crippen molar-refractivity contribution in [3.8, 4) is 11.5 Å². The van der Waals surface area contributed by atoms with E-state index in [1.165, 1.54) is 23.8 Å². The van der Waals surface area contributed by atoms with Crippen molar-refractivity contribution in [2.24, 2.45) is 4.99 Å². The minimum Gasteiger partial charge on any atom is -0.496 e. The normalized spacial score (nSPS) is 15.3. The van der Waals surface area contributed by atoms with Gasteiger partial charge in [-0.2, -0.15) is 8.78 Å². The van der Waals surface area contributed by atoms with Crippen molar-refractivity contribution >= 4 is 35.0 Å². The molecule has 38 heavy (non-hydrogen) atoms. The van der Waals surface area contributed by atoms with Gasteiger partial charge in [0.1, 0.15) is 17.5 Å². The molecule has 1 aliphatic heterocycles. The van der Waals surface area contributed by atoms with E-state index < -0.39 is 18.6 Å². The Morgan fingerprint density at radius 2 is 1.95 bits per heavy atom. The van der Waals surface area contributed by atoms with Gasteiger partial charge in [0.05, 0.1) is 29.5 Å². The Morgan fingerprint density at radius 1 is 1.21 bits per heavy atom. The molecule has 3 aromatic rings. The first-order valence-electron chi connectivity index (χ1n) is 11.9. The quantitative estimate of drug-likeness (QED) is 0.349. The van der Waals surface area contributed by atoms with Gasteiger partial charge in [-0.1, -0.05) is 48.4 Å². The van der Waals surface area contributed by atoms with Crippen LogP contribution < -0.4 is 24.4 Å². The number of nitrogens with zero attached hydrogens (tertiary/aromatic N) is 2. The number of carbonyl (C=O) groups is 1. The first-order valence-corrected chi connectivity index (χ1v) is 13.1. The molecule has 2 aromatic carbocycles. The van der Waals surface area contributed by atoms with E-state index >= 15 is 0 Å². The van der Waals surface area contributed by atoms with Crippen molar-refractivity contribution in [3.05, 3.63) is 89.6 Å². The van der Waals surface area contributed by atoms with E-state index in [4.69, 9.17) is 26.1 Å². The van der Waals surface area contributed by atoms with Crippen LogP contribution in [0.15, 0.2) is 63.5 Å². The van der Waals surface area contributed by atoms with Crippen molar-refractivity contribution in [3.63, 3.8) is 0 Å². The molecule has 0 radical (unpaired) electrons. The number of hydrogen-bond acceptors (Lipinski definition) is 7. The predicted octanol–water partition coefficient (Wildman–Crippen LogP) is 4.84. The van der Waals surface area contributed by atoms with Crippen LogP contribution in [0.3, 0.4) is 0 Å². The molecule has 0 spiro atoms. The highest BCUT2D eigenvalue weighted by Gasteiger charge is 2.36. The molecule has 11 heteroatoms. The molecule has 1 aliphatic rings. The van der Waals surface area contributed by atoms with Crippen LogP contribution in [0.25, 0.3) is 6.08 Å². The third kappa shape index (κ3) is 5.66. The average Bonchev–Trinajstić information content (AvgIpc) is 3.18. The number of allylic oxidation sites excluding steroid dienone is 1. The van der Waals surface area contributed by atoms with Gasteiger partial charge in [-0.3, -0.25) is 9.36 Å². The highest BCUT2D eigenvalue weighted by atomic mass is 35.5. The monoisotopic (exact) mass is 562 g/mol. The van der Waals surface area contributed by atoms with Crippen molar-refractivity contribution in [2.75, 3.05) is 13.7 Å². The lowest BCUT2D eigenvalue weighted by Gasteiger charge is -2.27. The van der Waals surface area contributed by atoms with Gasteiger partial charge < -0.3 is 14.2 Å². The number of methoxy groups -OCH3 is 1. The number of carbonyl (C=O) groups excluding carboxylic acids is 1. The number of aromatic nitrogens is 1. The second-order valence-corrected chi connectivity index (χ2v) is 9.69. The van der Waals surface area contributed by atoms with Crippen molar-refractivity contribution in [1.29, 1.82) is 0 Å². The molecule has 0 N–H and O–H groups in total. The molecule has 4 rings (SSSR count). The number of esters is 1. The molecule has 0 fully saturated rings. The van der Waals surface area contributed by atoms with E-state index in [2.05, 4.69) is 4.74 Å². The summed E-state index contributed by atoms with van der Waals surface area (Å²) in [6.07, 6.45) is 2.84. The van der Waals surface area contributed by atoms with Gasteiger partial charge >= 0.3 is 12.6 Å². The van der Waals surface area contributed by atoms with Crippen LogP contribution >= 0.6 is 22.9 Å². The van der Waals surface area contributed by atoms with Crippen LogP contribution in [-0.2, 0) is 9.53 Å². The molecule has 0 saturated heterocycles. The van der Waals surface area contributed by atoms with Crippen LogP contribution in [0.5, 0.6) is 11.5 Å². The lowest BCUT2D eigenvalue weighted by atomic mass is 9.93. The standard InChI is InChI=1S/C27H25ClF2N2O5S/c1-4-6-19-22(25(34)36-5-2)23(18-14-16(28)9-12-20(18)35-3)32-24(33)21(38-27(32)31-19)13-15-7-10-17(11-8-15)37-26(29)30/h7-14,23,26H,4-6H2,1-3H3/b21-13-/t23-/m1/s1. The van der Waals surface area contributed by atoms with Gasteiger partial charge in [-0.25, -0.2) is 9.79 Å². The molecule has 2 heterocycles. The number of thiazole rings is 1. The van der Waals surface area contributed by atoms with Crippen molar-refractivity contribution < 1.29 is 27.8 Å². The summed E-state index contributed by atoms with van der Waals surface area (Å²) in [7, 11) is 1.50. The Balaban J connectivity index is 1.96. The maximum atomic E-state index is 13.8. The Hall–Kier alpha value is -3.50. The largest absolute Gasteiger partial charge is 0.496 e. The fourth-order valence-electron chi connectivity index (χ4n) is 4.23. The predicted molar refractivity (Wildman–Crippen MR) is 141 cm³/mol. The Bertz CT molecular complexity index is 1550. The van der Waals surface area contributed by atoms with Crippen molar-refractivity contribution in [2.45, 2.75) is 39.3 Å². The van der Waals surface area contributed by atoms with Crippen LogP contribution in [0.1, 0.15) is 43.9 Å². The minimum absolute atomic E-state index is 0.00921. The van der Waals surface area contributed by atoms with Crippen molar-refractivity contribution in [1.82, 2.24) is 4.57 Å². The summed E-state index contributed by atoms with van der Waals surface area (Å²) in [6, 6.07) is 10.1. The maximum absolute atomic E-state index is 13.8. The number of halogens is 3. The summed E-state index contributed by atoms with van der Waals surface area (Å²) in [5, 5.41) is 0.409. The highest BCUT2D eigenvalue weighted by Crippen LogP contribution is 2.38. The summed E-state index contributed by atoms with van der Waals surface area (Å²) in [5.41, 5.74) is 1.52. The van der Waals surface area contributed by atoms with Gasteiger partial charge in [0.15, 0.2) is 4.80 Å². The van der Waals surface area contributed by atoms with Gasteiger partial charge in [0.25, 0.3) is 5.56 Å². The maximum Gasteiger partial charge on any atom is 0.387 e. The zero-order valence-electron chi connectivity index (χ0n) is 20.9. The lowest BCUT2D eigenvalue weighted by Crippen LogP contribution is -2.40. The number of hydrogen-bond donors (Lipinski definition) is 0. The molecule has 7 nitrogen and oxygen atoms in total. The zero-order chi connectivity index (χ0) is 27.4. The Morgan fingerprint density at radius 3 is 2.58 bits per heavy atom. The Kier molecular flexibility index (Phi) is 8.63. The minimum atomic E-state index is -2.93. The summed E-state index contributed by atoms with van der Waals surface area (Å²) in [4.78, 5) is 32.2. The highest BCUT2D eigenvalue weighted by molar-refractivity contribution is 7.07. The number of benzene rings is 2. The molecular formula is C27H25ClF2N2O5S. The summed E-state index contributed by atoms with van der Waals surface area (Å²) < 4.78 is 42.2. The molecule has 0 unspecified atom stereocenters. The van der Waals surface area contributed by atoms with E-state index in [0.717, 1.165) is 11.3 Å². The fraction of sp³-hybridized carbons (Fsp3) is 0.296. The molecule has 0 saturated carbocycles. The Labute approximate surface area is 226 Å². The average molecular weight is 563 g/mol. The van der Waals surface area contributed by atoms with Gasteiger partial charge in [-0.05, 0) is 55.3 Å². The van der Waals surface area contributed by atoms with E-state index in [9.17, 15) is 18.4 Å². The van der Waals surface area contributed by atoms with E-state index in [1.807, 2.05) is 6.92 Å². The summed E-state index contributed by atoms with van der Waals surface area (Å²) in [6.45, 7) is 0.895. The van der Waals surface area contributed by atoms with Gasteiger partial charge in [0, 0.05) is 10.6 Å². The first kappa shape index (κ1) is 27.5. The number of fused-ring (bicyclic) bond motifs is 1. The second-order valence-electron chi connectivity index (χ2n) is 8.25. The van der Waals surface area contributed by atoms with Gasteiger partial charge in [-0.15, -0.1) is 0 Å². The molecule has 0 bridgehead atoms. The summed E-state index contributed by atoms with van der Waals surface area (Å²) in [5.74, 6) is -0.117. The lowest BCUT2D eigenvalue weighted by molar-refractivity contribution is -0.139. The molecule has 0 amide bonds. The molecule has 1 aromatic heterocycles. The van der Waals surface area contributed by atoms with Crippen LogP contribution in [0, 0.1) is 0 Å². The number of rotatable bonds is 9. The van der Waals surface area contributed by atoms with Crippen LogP contribution in [0.2, 0.25) is 5.02 Å². The number of ether oxygens (including phenoxy) is 3. The second kappa shape index (κ2) is 11.9. The zero-order valence-corrected chi connectivity index (χ0v) is 22.4. The third-order valence-corrected chi connectivity index (χ3v) is 7.00. The van der Waals surface area contributed by atoms with E-state index in [0.29, 0.717) is 49.8 Å².